The van der Waals surface area contributed by atoms with E-state index >= 15 is 0 Å². The van der Waals surface area contributed by atoms with Crippen LogP contribution in [0.25, 0.3) is 11.1 Å². The predicted octanol–water partition coefficient (Wildman–Crippen LogP) is 4.27. The molecule has 34 heavy (non-hydrogen) atoms. The van der Waals surface area contributed by atoms with Crippen molar-refractivity contribution < 1.29 is 33.3 Å². The molecule has 1 aromatic heterocycles. The number of nitrogens with zero attached hydrogens (tertiary/aromatic N) is 1. The van der Waals surface area contributed by atoms with Crippen LogP contribution in [-0.2, 0) is 14.2 Å². The Balaban J connectivity index is 1.90. The summed E-state index contributed by atoms with van der Waals surface area (Å²) in [5.41, 5.74) is 2.02. The van der Waals surface area contributed by atoms with Crippen molar-refractivity contribution in [1.82, 2.24) is 10.3 Å². The molecule has 1 aliphatic rings. The number of pyridine rings is 1. The van der Waals surface area contributed by atoms with Crippen molar-refractivity contribution in [3.05, 3.63) is 47.3 Å². The van der Waals surface area contributed by atoms with E-state index in [9.17, 15) is 14.4 Å². The van der Waals surface area contributed by atoms with E-state index in [1.54, 1.807) is 45.2 Å². The van der Waals surface area contributed by atoms with Gasteiger partial charge in [-0.2, -0.15) is 0 Å². The number of aryl methyl sites for hydroxylation is 1. The van der Waals surface area contributed by atoms with E-state index in [1.807, 2.05) is 13.0 Å². The summed E-state index contributed by atoms with van der Waals surface area (Å²) in [7, 11) is 1.55. The van der Waals surface area contributed by atoms with Gasteiger partial charge in [-0.3, -0.25) is 4.79 Å². The van der Waals surface area contributed by atoms with Crippen molar-refractivity contribution in [3.63, 3.8) is 0 Å². The molecule has 1 atom stereocenters. The molecule has 0 bridgehead atoms. The first-order valence-corrected chi connectivity index (χ1v) is 11.2. The molecule has 0 saturated heterocycles. The summed E-state index contributed by atoms with van der Waals surface area (Å²) in [6.45, 7) is 7.19. The first-order valence-electron chi connectivity index (χ1n) is 11.2. The first kappa shape index (κ1) is 25.0. The average Bonchev–Trinajstić information content (AvgIpc) is 3.61. The molecule has 1 heterocycles. The smallest absolute Gasteiger partial charge is 0.497 e. The maximum Gasteiger partial charge on any atom is 0.511 e. The molecule has 1 aliphatic carbocycles. The van der Waals surface area contributed by atoms with E-state index in [-0.39, 0.29) is 23.4 Å². The fourth-order valence-electron chi connectivity index (χ4n) is 3.21. The van der Waals surface area contributed by atoms with E-state index in [0.717, 1.165) is 18.4 Å². The van der Waals surface area contributed by atoms with E-state index in [1.165, 1.54) is 6.92 Å². The highest BCUT2D eigenvalue weighted by Gasteiger charge is 2.26. The molecule has 9 nitrogen and oxygen atoms in total. The largest absolute Gasteiger partial charge is 0.511 e. The number of nitrogens with one attached hydrogen (secondary N) is 1. The Kier molecular flexibility index (Phi) is 8.09. The van der Waals surface area contributed by atoms with Gasteiger partial charge < -0.3 is 24.3 Å². The summed E-state index contributed by atoms with van der Waals surface area (Å²) in [6, 6.07) is 8.65. The van der Waals surface area contributed by atoms with E-state index < -0.39 is 18.4 Å². The van der Waals surface area contributed by atoms with Gasteiger partial charge in [-0.1, -0.05) is 6.07 Å². The molecular weight excluding hydrogens is 440 g/mol. The van der Waals surface area contributed by atoms with Gasteiger partial charge in [-0.05, 0) is 74.9 Å². The highest BCUT2D eigenvalue weighted by molar-refractivity contribution is 5.99. The number of amides is 1. The highest BCUT2D eigenvalue weighted by atomic mass is 16.8. The number of hydrogen-bond acceptors (Lipinski definition) is 8. The minimum atomic E-state index is -1.23. The molecule has 2 aromatic rings. The van der Waals surface area contributed by atoms with E-state index in [0.29, 0.717) is 29.3 Å². The average molecular weight is 471 g/mol. The molecule has 9 heteroatoms. The third kappa shape index (κ3) is 6.69. The van der Waals surface area contributed by atoms with Crippen LogP contribution in [0.3, 0.4) is 0 Å². The molecule has 1 unspecified atom stereocenters. The molecule has 1 fully saturated rings. The van der Waals surface area contributed by atoms with Crippen molar-refractivity contribution in [2.45, 2.75) is 52.9 Å². The number of methoxy groups -OCH3 is 1. The SMILES string of the molecule is COc1ccc(C)c(-c2ccc(C(=O)NCC3CC3)nc2C(=O)OC(C)OC(=O)OC(C)C)c1. The third-order valence-electron chi connectivity index (χ3n) is 5.17. The van der Waals surface area contributed by atoms with Crippen molar-refractivity contribution in [2.75, 3.05) is 13.7 Å². The van der Waals surface area contributed by atoms with Crippen LogP contribution >= 0.6 is 0 Å². The van der Waals surface area contributed by atoms with Crippen molar-refractivity contribution >= 4 is 18.0 Å². The zero-order chi connectivity index (χ0) is 24.8. The van der Waals surface area contributed by atoms with Crippen LogP contribution in [0.5, 0.6) is 5.75 Å². The molecule has 0 spiro atoms. The highest BCUT2D eigenvalue weighted by Crippen LogP contribution is 2.31. The first-order chi connectivity index (χ1) is 16.2. The molecule has 0 aliphatic heterocycles. The number of carbonyl (C=O) groups excluding carboxylic acids is 3. The van der Waals surface area contributed by atoms with Crippen LogP contribution in [0.4, 0.5) is 4.79 Å². The number of esters is 1. The van der Waals surface area contributed by atoms with Crippen molar-refractivity contribution in [3.8, 4) is 16.9 Å². The number of benzene rings is 1. The lowest BCUT2D eigenvalue weighted by atomic mass is 9.98. The zero-order valence-electron chi connectivity index (χ0n) is 20.0. The summed E-state index contributed by atoms with van der Waals surface area (Å²) in [4.78, 5) is 41.8. The van der Waals surface area contributed by atoms with Gasteiger partial charge in [-0.15, -0.1) is 0 Å². The normalized spacial score (nSPS) is 13.7. The Morgan fingerprint density at radius 2 is 1.76 bits per heavy atom. The van der Waals surface area contributed by atoms with Crippen LogP contribution in [-0.4, -0.2) is 49.1 Å². The van der Waals surface area contributed by atoms with Gasteiger partial charge in [0, 0.05) is 19.0 Å². The molecule has 1 aromatic carbocycles. The lowest BCUT2D eigenvalue weighted by molar-refractivity contribution is -0.0868. The number of carbonyl (C=O) groups is 3. The summed E-state index contributed by atoms with van der Waals surface area (Å²) in [5.74, 6) is -0.131. The summed E-state index contributed by atoms with van der Waals surface area (Å²) >= 11 is 0. The lowest BCUT2D eigenvalue weighted by Crippen LogP contribution is -2.28. The summed E-state index contributed by atoms with van der Waals surface area (Å²) in [6.07, 6.45) is -0.384. The molecule has 0 radical (unpaired) electrons. The van der Waals surface area contributed by atoms with E-state index in [2.05, 4.69) is 10.3 Å². The third-order valence-corrected chi connectivity index (χ3v) is 5.17. The van der Waals surface area contributed by atoms with Gasteiger partial charge in [0.25, 0.3) is 5.91 Å². The Morgan fingerprint density at radius 3 is 2.41 bits per heavy atom. The van der Waals surface area contributed by atoms with Crippen LogP contribution in [0.2, 0.25) is 0 Å². The predicted molar refractivity (Wildman–Crippen MR) is 124 cm³/mol. The maximum atomic E-state index is 13.1. The van der Waals surface area contributed by atoms with Crippen LogP contribution < -0.4 is 10.1 Å². The number of aromatic nitrogens is 1. The Labute approximate surface area is 198 Å². The fraction of sp³-hybridized carbons (Fsp3) is 0.440. The molecular formula is C25H30N2O7. The number of rotatable bonds is 9. The van der Waals surface area contributed by atoms with Gasteiger partial charge in [0.05, 0.1) is 13.2 Å². The topological polar surface area (TPSA) is 113 Å². The standard InChI is InChI=1S/C25H30N2O7/c1-14(2)32-25(30)34-16(4)33-24(29)22-19(20-12-18(31-5)9-6-15(20)3)10-11-21(27-22)23(28)26-13-17-7-8-17/h6,9-12,14,16-17H,7-8,13H2,1-5H3,(H,26,28). The minimum Gasteiger partial charge on any atom is -0.497 e. The number of ether oxygens (including phenoxy) is 4. The maximum absolute atomic E-state index is 13.1. The van der Waals surface area contributed by atoms with Gasteiger partial charge >= 0.3 is 12.1 Å². The van der Waals surface area contributed by atoms with Gasteiger partial charge in [0.15, 0.2) is 5.69 Å². The summed E-state index contributed by atoms with van der Waals surface area (Å²) < 4.78 is 20.5. The zero-order valence-corrected chi connectivity index (χ0v) is 20.0. The molecule has 1 saturated carbocycles. The second-order valence-electron chi connectivity index (χ2n) is 8.43. The lowest BCUT2D eigenvalue weighted by Gasteiger charge is -2.17. The minimum absolute atomic E-state index is 0.0805. The van der Waals surface area contributed by atoms with Crippen LogP contribution in [0.1, 0.15) is 60.2 Å². The molecule has 1 N–H and O–H groups in total. The van der Waals surface area contributed by atoms with Gasteiger partial charge in [0.2, 0.25) is 6.29 Å². The Hall–Kier alpha value is -3.62. The monoisotopic (exact) mass is 470 g/mol. The molecule has 182 valence electrons. The van der Waals surface area contributed by atoms with Crippen LogP contribution in [0, 0.1) is 12.8 Å². The van der Waals surface area contributed by atoms with Gasteiger partial charge in [0.1, 0.15) is 11.4 Å². The van der Waals surface area contributed by atoms with Crippen molar-refractivity contribution in [1.29, 1.82) is 0 Å². The van der Waals surface area contributed by atoms with Crippen LogP contribution in [0.15, 0.2) is 30.3 Å². The second kappa shape index (κ2) is 11.0. The van der Waals surface area contributed by atoms with E-state index in [4.69, 9.17) is 18.9 Å². The Bertz CT molecular complexity index is 1060. The van der Waals surface area contributed by atoms with Crippen molar-refractivity contribution in [2.24, 2.45) is 5.92 Å². The van der Waals surface area contributed by atoms with Gasteiger partial charge in [-0.25, -0.2) is 14.6 Å². The molecule has 1 amide bonds. The summed E-state index contributed by atoms with van der Waals surface area (Å²) in [5, 5.41) is 2.84. The molecule has 3 rings (SSSR count). The Morgan fingerprint density at radius 1 is 1.03 bits per heavy atom. The number of hydrogen-bond donors (Lipinski definition) is 1. The second-order valence-corrected chi connectivity index (χ2v) is 8.43. The quantitative estimate of drug-likeness (QED) is 0.427. The fourth-order valence-corrected chi connectivity index (χ4v) is 3.21.